The van der Waals surface area contributed by atoms with Crippen molar-refractivity contribution in [3.05, 3.63) is 23.3 Å². The lowest BCUT2D eigenvalue weighted by atomic mass is 9.47. The van der Waals surface area contributed by atoms with Crippen LogP contribution in [0.1, 0.15) is 131 Å². The fourth-order valence-electron chi connectivity index (χ4n) is 9.15. The average molecular weight is 515 g/mol. The summed E-state index contributed by atoms with van der Waals surface area (Å²) in [4.78, 5) is 0. The first-order valence-corrected chi connectivity index (χ1v) is 16.8. The number of ether oxygens (including phenoxy) is 1. The van der Waals surface area contributed by atoms with Crippen molar-refractivity contribution < 1.29 is 4.74 Å². The van der Waals surface area contributed by atoms with Gasteiger partial charge in [0.05, 0.1) is 0 Å². The molecule has 0 aromatic carbocycles. The van der Waals surface area contributed by atoms with Crippen LogP contribution in [-0.2, 0) is 4.74 Å². The molecule has 0 aliphatic heterocycles. The van der Waals surface area contributed by atoms with Crippen molar-refractivity contribution in [3.63, 3.8) is 0 Å². The average Bonchev–Trinajstić information content (AvgIpc) is 3.16. The second kappa shape index (κ2) is 12.2. The summed E-state index contributed by atoms with van der Waals surface area (Å²) in [5.74, 6) is 6.60. The molecule has 36 heavy (non-hydrogen) atoms. The highest BCUT2D eigenvalue weighted by atomic mass is 32.2. The largest absolute Gasteiger partial charge is 0.485 e. The molecule has 0 heterocycles. The molecule has 0 bridgehead atoms. The van der Waals surface area contributed by atoms with Crippen molar-refractivity contribution in [3.8, 4) is 0 Å². The van der Waals surface area contributed by atoms with Crippen molar-refractivity contribution in [1.29, 1.82) is 0 Å². The van der Waals surface area contributed by atoms with E-state index in [1.807, 2.05) is 11.8 Å². The van der Waals surface area contributed by atoms with Crippen LogP contribution in [0.3, 0.4) is 0 Å². The Balaban J connectivity index is 1.32. The van der Waals surface area contributed by atoms with Crippen LogP contribution < -0.4 is 0 Å². The number of unbranched alkanes of at least 4 members (excludes halogenated alkanes) is 1. The molecule has 1 nitrogen and oxygen atoms in total. The van der Waals surface area contributed by atoms with Crippen LogP contribution in [0, 0.1) is 46.3 Å². The Morgan fingerprint density at radius 1 is 0.972 bits per heavy atom. The van der Waals surface area contributed by atoms with Gasteiger partial charge in [-0.1, -0.05) is 90.6 Å². The molecule has 4 aliphatic carbocycles. The number of allylic oxidation sites excluding steroid dienone is 1. The first-order valence-electron chi connectivity index (χ1n) is 15.8. The third kappa shape index (κ3) is 6.26. The van der Waals surface area contributed by atoms with E-state index in [1.54, 1.807) is 5.57 Å². The molecule has 4 aliphatic rings. The number of hydrogen-bond donors (Lipinski definition) is 0. The summed E-state index contributed by atoms with van der Waals surface area (Å²) in [6.45, 7) is 19.0. The third-order valence-corrected chi connectivity index (χ3v) is 12.2. The van der Waals surface area contributed by atoms with Gasteiger partial charge in [-0.3, -0.25) is 0 Å². The van der Waals surface area contributed by atoms with Gasteiger partial charge in [-0.05, 0) is 111 Å². The maximum Gasteiger partial charge on any atom is 0.146 e. The molecule has 4 rings (SSSR count). The molecular weight excluding hydrogens is 456 g/mol. The molecule has 0 radical (unpaired) electrons. The van der Waals surface area contributed by atoms with E-state index in [0.717, 1.165) is 52.8 Å². The Morgan fingerprint density at radius 2 is 1.72 bits per heavy atom. The Bertz CT molecular complexity index is 767. The summed E-state index contributed by atoms with van der Waals surface area (Å²) in [6, 6.07) is 0. The summed E-state index contributed by atoms with van der Waals surface area (Å²) < 4.78 is 6.42. The van der Waals surface area contributed by atoms with Crippen LogP contribution in [-0.4, -0.2) is 11.9 Å². The lowest BCUT2D eigenvalue weighted by molar-refractivity contribution is -0.0521. The van der Waals surface area contributed by atoms with E-state index >= 15 is 0 Å². The molecule has 0 N–H and O–H groups in total. The predicted molar refractivity (Wildman–Crippen MR) is 159 cm³/mol. The number of fused-ring (bicyclic) bond motifs is 5. The zero-order valence-corrected chi connectivity index (χ0v) is 25.6. The fraction of sp³-hybridized carbons (Fsp3) is 0.882. The zero-order valence-electron chi connectivity index (χ0n) is 24.7. The van der Waals surface area contributed by atoms with Gasteiger partial charge in [0.1, 0.15) is 11.2 Å². The van der Waals surface area contributed by atoms with E-state index in [-0.39, 0.29) is 0 Å². The first kappa shape index (κ1) is 28.6. The molecule has 206 valence electrons. The van der Waals surface area contributed by atoms with E-state index in [2.05, 4.69) is 54.2 Å². The Hall–Kier alpha value is -0.370. The topological polar surface area (TPSA) is 9.23 Å². The third-order valence-electron chi connectivity index (χ3n) is 11.3. The number of thioether (sulfide) groups is 1. The highest BCUT2D eigenvalue weighted by Crippen LogP contribution is 2.66. The van der Waals surface area contributed by atoms with Crippen molar-refractivity contribution in [2.45, 2.75) is 138 Å². The predicted octanol–water partition coefficient (Wildman–Crippen LogP) is 10.8. The molecule has 0 amide bonds. The first-order chi connectivity index (χ1) is 17.1. The number of hydrogen-bond acceptors (Lipinski definition) is 2. The molecule has 4 unspecified atom stereocenters. The minimum atomic E-state index is 0.349. The van der Waals surface area contributed by atoms with Crippen molar-refractivity contribution in [1.82, 2.24) is 0 Å². The van der Waals surface area contributed by atoms with E-state index in [1.165, 1.54) is 83.5 Å². The molecule has 2 heteroatoms. The Morgan fingerprint density at radius 3 is 2.47 bits per heavy atom. The van der Waals surface area contributed by atoms with E-state index in [0.29, 0.717) is 16.9 Å². The molecule has 0 spiro atoms. The summed E-state index contributed by atoms with van der Waals surface area (Å²) in [7, 11) is 0. The standard InChI is InChI=1S/C34H58OS/c1-24(2)11-8-9-13-27-15-17-31-30-16-14-28-23-29(35-26(5)36-22-10-12-25(3)4)18-20-34(28,7)32(30)19-21-33(27,31)6/h14,24-25,27,29-32H,5,8-13,15-23H2,1-4,6-7H3/t27?,29-,30?,31?,32?,33+,34-/m0/s1. The van der Waals surface area contributed by atoms with Gasteiger partial charge in [-0.15, -0.1) is 0 Å². The van der Waals surface area contributed by atoms with Crippen LogP contribution >= 0.6 is 11.8 Å². The van der Waals surface area contributed by atoms with Crippen LogP contribution in [0.25, 0.3) is 0 Å². The van der Waals surface area contributed by atoms with Gasteiger partial charge in [-0.25, -0.2) is 0 Å². The second-order valence-corrected chi connectivity index (χ2v) is 15.6. The van der Waals surface area contributed by atoms with E-state index in [4.69, 9.17) is 4.74 Å². The maximum atomic E-state index is 6.42. The Kier molecular flexibility index (Phi) is 9.71. The normalized spacial score (nSPS) is 37.9. The maximum absolute atomic E-state index is 6.42. The summed E-state index contributed by atoms with van der Waals surface area (Å²) >= 11 is 1.84. The van der Waals surface area contributed by atoms with Gasteiger partial charge in [0.25, 0.3) is 0 Å². The van der Waals surface area contributed by atoms with Gasteiger partial charge >= 0.3 is 0 Å². The molecular formula is C34H58OS. The lowest BCUT2D eigenvalue weighted by Crippen LogP contribution is -2.50. The van der Waals surface area contributed by atoms with E-state index in [9.17, 15) is 0 Å². The Labute approximate surface area is 229 Å². The van der Waals surface area contributed by atoms with Gasteiger partial charge in [0.15, 0.2) is 0 Å². The molecule has 3 fully saturated rings. The van der Waals surface area contributed by atoms with Crippen molar-refractivity contribution >= 4 is 11.8 Å². The van der Waals surface area contributed by atoms with Gasteiger partial charge in [0.2, 0.25) is 0 Å². The van der Waals surface area contributed by atoms with Crippen LogP contribution in [0.15, 0.2) is 23.3 Å². The lowest BCUT2D eigenvalue weighted by Gasteiger charge is -2.58. The number of rotatable bonds is 12. The van der Waals surface area contributed by atoms with Crippen LogP contribution in [0.4, 0.5) is 0 Å². The highest BCUT2D eigenvalue weighted by molar-refractivity contribution is 8.02. The van der Waals surface area contributed by atoms with Crippen molar-refractivity contribution in [2.75, 3.05) is 5.75 Å². The van der Waals surface area contributed by atoms with Crippen molar-refractivity contribution in [2.24, 2.45) is 46.3 Å². The minimum absolute atomic E-state index is 0.349. The van der Waals surface area contributed by atoms with Crippen LogP contribution in [0.5, 0.6) is 0 Å². The highest BCUT2D eigenvalue weighted by Gasteiger charge is 2.58. The smallest absolute Gasteiger partial charge is 0.146 e. The molecule has 3 saturated carbocycles. The van der Waals surface area contributed by atoms with Gasteiger partial charge in [-0.2, -0.15) is 0 Å². The molecule has 0 saturated heterocycles. The van der Waals surface area contributed by atoms with Gasteiger partial charge < -0.3 is 4.74 Å². The van der Waals surface area contributed by atoms with Crippen LogP contribution in [0.2, 0.25) is 0 Å². The zero-order chi connectivity index (χ0) is 25.9. The van der Waals surface area contributed by atoms with Gasteiger partial charge in [0, 0.05) is 12.2 Å². The summed E-state index contributed by atoms with van der Waals surface area (Å²) in [6.07, 6.45) is 22.4. The second-order valence-electron chi connectivity index (χ2n) is 14.5. The van der Waals surface area contributed by atoms with E-state index < -0.39 is 0 Å². The minimum Gasteiger partial charge on any atom is -0.485 e. The molecule has 0 aromatic rings. The molecule has 7 atom stereocenters. The summed E-state index contributed by atoms with van der Waals surface area (Å²) in [5, 5.41) is 0.959. The quantitative estimate of drug-likeness (QED) is 0.145. The SMILES string of the molecule is C=C(O[C@H]1CC[C@@]2(C)C(=CCC3C4CCC(CCCCC(C)C)[C@@]4(C)CCC32)C1)SCCCC(C)C. The summed E-state index contributed by atoms with van der Waals surface area (Å²) in [5.41, 5.74) is 2.78. The molecule has 0 aromatic heterocycles. The fourth-order valence-corrected chi connectivity index (χ4v) is 9.89. The monoisotopic (exact) mass is 514 g/mol.